The Morgan fingerprint density at radius 1 is 0.378 bits per heavy atom. The lowest BCUT2D eigenvalue weighted by Crippen LogP contribution is -1.92. The van der Waals surface area contributed by atoms with E-state index in [1.807, 2.05) is 0 Å². The van der Waals surface area contributed by atoms with Gasteiger partial charge in [0.2, 0.25) is 0 Å². The average Bonchev–Trinajstić information content (AvgIpc) is 3.66. The van der Waals surface area contributed by atoms with Crippen LogP contribution in [0.15, 0.2) is 174 Å². The zero-order valence-electron chi connectivity index (χ0n) is 40.3. The predicted octanol–water partition coefficient (Wildman–Crippen LogP) is 12.6. The molecule has 0 radical (unpaired) electrons. The van der Waals surface area contributed by atoms with Gasteiger partial charge in [-0.05, 0) is 84.2 Å². The predicted molar refractivity (Wildman–Crippen MR) is 190 cm³/mol. The summed E-state index contributed by atoms with van der Waals surface area (Å²) in [6.45, 7) is 0. The Bertz CT molecular complexity index is 3430. The first kappa shape index (κ1) is 13.8. The lowest BCUT2D eigenvalue weighted by molar-refractivity contribution is 0.669. The van der Waals surface area contributed by atoms with Gasteiger partial charge in [-0.2, -0.15) is 0 Å². The van der Waals surface area contributed by atoms with Crippen LogP contribution in [-0.2, 0) is 0 Å². The summed E-state index contributed by atoms with van der Waals surface area (Å²) in [6, 6.07) is 7.80. The van der Waals surface area contributed by atoms with Gasteiger partial charge in [-0.3, -0.25) is 0 Å². The van der Waals surface area contributed by atoms with Crippen molar-refractivity contribution in [3.8, 4) is 44.5 Å². The van der Waals surface area contributed by atoms with E-state index in [2.05, 4.69) is 0 Å². The summed E-state index contributed by atoms with van der Waals surface area (Å²) in [7, 11) is 0. The highest BCUT2D eigenvalue weighted by Crippen LogP contribution is 2.47. The molecule has 1 aromatic heterocycles. The van der Waals surface area contributed by atoms with Gasteiger partial charge in [0.05, 0.1) is 23.3 Å². The smallest absolute Gasteiger partial charge is 0.136 e. The van der Waals surface area contributed by atoms with Crippen LogP contribution in [0.2, 0.25) is 0 Å². The van der Waals surface area contributed by atoms with Crippen LogP contribution in [0.3, 0.4) is 0 Å². The van der Waals surface area contributed by atoms with Crippen LogP contribution >= 0.6 is 0 Å². The standard InChI is InChI=1S/C44H28O/c1-3-12-29(13-4-1)31-22-24-32(25-23-31)42-34-16-7-8-17-35(34)43(36-27-26-33(28-39(36)42)30-14-5-2-6-15-30)38-19-11-21-41-44(38)37-18-9-10-20-40(37)45-41/h1-28H/i1D,2D,3D,4D,5D,6D,7D,8D,12D,13D,14D,15D,16D,17D,26D,27D,28D. The maximum atomic E-state index is 9.95. The first-order chi connectivity index (χ1) is 29.4. The number of furan rings is 1. The highest BCUT2D eigenvalue weighted by atomic mass is 16.3. The van der Waals surface area contributed by atoms with Crippen molar-refractivity contribution in [2.45, 2.75) is 0 Å². The van der Waals surface area contributed by atoms with Crippen molar-refractivity contribution in [3.05, 3.63) is 169 Å². The van der Waals surface area contributed by atoms with E-state index < -0.39 is 114 Å². The van der Waals surface area contributed by atoms with Crippen molar-refractivity contribution in [1.29, 1.82) is 0 Å². The molecule has 0 saturated heterocycles. The minimum Gasteiger partial charge on any atom is -0.456 e. The van der Waals surface area contributed by atoms with Gasteiger partial charge >= 0.3 is 0 Å². The van der Waals surface area contributed by atoms with Gasteiger partial charge in [0.1, 0.15) is 11.2 Å². The Balaban J connectivity index is 1.54. The van der Waals surface area contributed by atoms with Crippen molar-refractivity contribution >= 4 is 43.5 Å². The fraction of sp³-hybridized carbons (Fsp3) is 0. The molecule has 1 heteroatoms. The zero-order valence-corrected chi connectivity index (χ0v) is 23.3. The number of hydrogen-bond donors (Lipinski definition) is 0. The molecule has 0 aliphatic carbocycles. The van der Waals surface area contributed by atoms with E-state index in [9.17, 15) is 6.85 Å². The van der Waals surface area contributed by atoms with Crippen LogP contribution in [-0.4, -0.2) is 0 Å². The second-order valence-electron chi connectivity index (χ2n) is 10.4. The van der Waals surface area contributed by atoms with E-state index in [1.165, 1.54) is 24.3 Å². The molecule has 0 atom stereocenters. The molecule has 9 rings (SSSR count). The van der Waals surface area contributed by atoms with E-state index in [1.54, 1.807) is 42.5 Å². The Hall–Kier alpha value is -5.92. The van der Waals surface area contributed by atoms with Gasteiger partial charge in [-0.25, -0.2) is 0 Å². The Kier molecular flexibility index (Phi) is 3.18. The minimum absolute atomic E-state index is 0.0188. The summed E-state index contributed by atoms with van der Waals surface area (Å²) in [5, 5.41) is 0.746. The van der Waals surface area contributed by atoms with Crippen molar-refractivity contribution < 1.29 is 27.7 Å². The van der Waals surface area contributed by atoms with Gasteiger partial charge in [0.15, 0.2) is 0 Å². The summed E-state index contributed by atoms with van der Waals surface area (Å²) in [6.07, 6.45) is 0. The minimum atomic E-state index is -0.735. The quantitative estimate of drug-likeness (QED) is 0.186. The van der Waals surface area contributed by atoms with Crippen molar-refractivity contribution in [3.63, 3.8) is 0 Å². The van der Waals surface area contributed by atoms with E-state index in [0.29, 0.717) is 27.5 Å². The molecule has 0 fully saturated rings. The van der Waals surface area contributed by atoms with Crippen LogP contribution in [0.5, 0.6) is 0 Å². The number of rotatable bonds is 4. The third-order valence-corrected chi connectivity index (χ3v) is 7.88. The van der Waals surface area contributed by atoms with E-state index >= 15 is 0 Å². The molecule has 0 amide bonds. The molecule has 9 aromatic rings. The van der Waals surface area contributed by atoms with Crippen LogP contribution < -0.4 is 0 Å². The molecular weight excluding hydrogens is 544 g/mol. The molecule has 45 heavy (non-hydrogen) atoms. The molecule has 1 heterocycles. The summed E-state index contributed by atoms with van der Waals surface area (Å²) in [5.74, 6) is 0. The molecule has 0 N–H and O–H groups in total. The third-order valence-electron chi connectivity index (χ3n) is 7.88. The van der Waals surface area contributed by atoms with Crippen molar-refractivity contribution in [2.75, 3.05) is 0 Å². The van der Waals surface area contributed by atoms with Gasteiger partial charge in [-0.1, -0.05) is 151 Å². The lowest BCUT2D eigenvalue weighted by atomic mass is 9.83. The number of hydrogen-bond acceptors (Lipinski definition) is 1. The van der Waals surface area contributed by atoms with E-state index in [0.717, 1.165) is 0 Å². The highest BCUT2D eigenvalue weighted by Gasteiger charge is 2.20. The van der Waals surface area contributed by atoms with Gasteiger partial charge < -0.3 is 4.42 Å². The maximum Gasteiger partial charge on any atom is 0.136 e. The normalized spacial score (nSPS) is 16.8. The Morgan fingerprint density at radius 2 is 0.978 bits per heavy atom. The molecule has 210 valence electrons. The molecule has 0 unspecified atom stereocenters. The van der Waals surface area contributed by atoms with Gasteiger partial charge in [0.25, 0.3) is 0 Å². The fourth-order valence-electron chi connectivity index (χ4n) is 5.96. The first-order valence-electron chi connectivity index (χ1n) is 22.6. The lowest BCUT2D eigenvalue weighted by Gasteiger charge is -2.19. The zero-order chi connectivity index (χ0) is 44.5. The molecule has 0 aliphatic rings. The van der Waals surface area contributed by atoms with E-state index in [-0.39, 0.29) is 49.4 Å². The molecule has 8 aromatic carbocycles. The van der Waals surface area contributed by atoms with Crippen LogP contribution in [0.25, 0.3) is 88.0 Å². The van der Waals surface area contributed by atoms with Gasteiger partial charge in [0, 0.05) is 10.8 Å². The molecular formula is C44H28O. The summed E-state index contributed by atoms with van der Waals surface area (Å²) in [4.78, 5) is 0. The second-order valence-corrected chi connectivity index (χ2v) is 10.4. The molecule has 0 spiro atoms. The summed E-state index contributed by atoms with van der Waals surface area (Å²) in [5.41, 5.74) is 0.599. The van der Waals surface area contributed by atoms with Crippen LogP contribution in [0.4, 0.5) is 0 Å². The monoisotopic (exact) mass is 589 g/mol. The Labute approximate surface area is 285 Å². The molecule has 1 nitrogen and oxygen atoms in total. The van der Waals surface area contributed by atoms with Crippen LogP contribution in [0.1, 0.15) is 23.3 Å². The fourth-order valence-corrected chi connectivity index (χ4v) is 5.96. The maximum absolute atomic E-state index is 9.95. The van der Waals surface area contributed by atoms with Crippen molar-refractivity contribution in [2.24, 2.45) is 0 Å². The van der Waals surface area contributed by atoms with Crippen LogP contribution in [0, 0.1) is 0 Å². The van der Waals surface area contributed by atoms with Gasteiger partial charge in [-0.15, -0.1) is 0 Å². The summed E-state index contributed by atoms with van der Waals surface area (Å²) >= 11 is 0. The first-order valence-corrected chi connectivity index (χ1v) is 14.1. The largest absolute Gasteiger partial charge is 0.456 e. The SMILES string of the molecule is [2H]c1c([2H])c([2H])c(-c2ccc(-c3c4c([2H])c([2H])c([2H])c([2H])c4c(-c4cccc5oc6ccccc6c45)c4c([2H])c([2H])c(-c5c([2H])c([2H])c([2H])c([2H])c5[2H])c([2H])c34)cc2)c([2H])c1[2H]. The Morgan fingerprint density at radius 3 is 1.73 bits per heavy atom. The number of fused-ring (bicyclic) bond motifs is 5. The molecule has 0 saturated carbocycles. The van der Waals surface area contributed by atoms with E-state index in [4.69, 9.17) is 20.9 Å². The van der Waals surface area contributed by atoms with Crippen molar-refractivity contribution in [1.82, 2.24) is 0 Å². The number of benzene rings is 8. The highest BCUT2D eigenvalue weighted by molar-refractivity contribution is 6.26. The molecule has 0 bridgehead atoms. The third kappa shape index (κ3) is 4.17. The average molecular weight is 590 g/mol. The number of para-hydroxylation sites is 1. The topological polar surface area (TPSA) is 13.1 Å². The second kappa shape index (κ2) is 10.4. The summed E-state index contributed by atoms with van der Waals surface area (Å²) < 4.78 is 156. The molecule has 0 aliphatic heterocycles.